The van der Waals surface area contributed by atoms with Gasteiger partial charge in [0, 0.05) is 31.6 Å². The summed E-state index contributed by atoms with van der Waals surface area (Å²) in [5, 5.41) is 3.03. The maximum absolute atomic E-state index is 11.8. The fraction of sp³-hybridized carbons (Fsp3) is 0.562. The van der Waals surface area contributed by atoms with Gasteiger partial charge in [-0.2, -0.15) is 0 Å². The average molecular weight is 348 g/mol. The predicted molar refractivity (Wildman–Crippen MR) is 95.6 cm³/mol. The molecule has 1 aliphatic heterocycles. The molecule has 0 saturated carbocycles. The van der Waals surface area contributed by atoms with Gasteiger partial charge in [0.1, 0.15) is 0 Å². The van der Waals surface area contributed by atoms with Crippen molar-refractivity contribution in [1.29, 1.82) is 0 Å². The second-order valence-corrected chi connectivity index (χ2v) is 5.63. The first-order chi connectivity index (χ1) is 9.70. The van der Waals surface area contributed by atoms with Gasteiger partial charge in [0.2, 0.25) is 5.91 Å². The van der Waals surface area contributed by atoms with Gasteiger partial charge in [-0.05, 0) is 24.9 Å². The maximum Gasteiger partial charge on any atom is 0.224 e. The zero-order chi connectivity index (χ0) is 14.4. The zero-order valence-corrected chi connectivity index (χ0v) is 14.7. The van der Waals surface area contributed by atoms with Crippen LogP contribution in [0.1, 0.15) is 25.3 Å². The van der Waals surface area contributed by atoms with Crippen molar-refractivity contribution in [2.24, 2.45) is 11.7 Å². The van der Waals surface area contributed by atoms with Crippen LogP contribution in [0.2, 0.25) is 0 Å². The molecule has 4 nitrogen and oxygen atoms in total. The van der Waals surface area contributed by atoms with E-state index in [0.29, 0.717) is 12.6 Å². The number of carbonyl (C=O) groups excluding carboxylic acids is 1. The fourth-order valence-corrected chi connectivity index (χ4v) is 2.65. The van der Waals surface area contributed by atoms with Crippen LogP contribution in [0.4, 0.5) is 0 Å². The number of nitrogens with two attached hydrogens (primary N) is 1. The van der Waals surface area contributed by atoms with Crippen molar-refractivity contribution in [2.75, 3.05) is 19.6 Å². The van der Waals surface area contributed by atoms with Gasteiger partial charge in [0.25, 0.3) is 0 Å². The van der Waals surface area contributed by atoms with Gasteiger partial charge in [-0.25, -0.2) is 0 Å². The Morgan fingerprint density at radius 3 is 2.68 bits per heavy atom. The summed E-state index contributed by atoms with van der Waals surface area (Å²) < 4.78 is 0. The lowest BCUT2D eigenvalue weighted by Crippen LogP contribution is -2.42. The summed E-state index contributed by atoms with van der Waals surface area (Å²) in [7, 11) is 0. The van der Waals surface area contributed by atoms with Gasteiger partial charge in [-0.1, -0.05) is 37.3 Å². The molecule has 1 amide bonds. The van der Waals surface area contributed by atoms with Crippen molar-refractivity contribution in [2.45, 2.75) is 32.4 Å². The lowest BCUT2D eigenvalue weighted by Gasteiger charge is -2.25. The van der Waals surface area contributed by atoms with E-state index in [1.165, 1.54) is 12.0 Å². The molecular weight excluding hydrogens is 321 g/mol. The highest BCUT2D eigenvalue weighted by Gasteiger charge is 2.25. The van der Waals surface area contributed by atoms with Crippen LogP contribution in [-0.2, 0) is 11.3 Å². The Kier molecular flexibility index (Phi) is 10.4. The number of benzene rings is 1. The number of halogens is 2. The summed E-state index contributed by atoms with van der Waals surface area (Å²) in [6, 6.07) is 11.0. The van der Waals surface area contributed by atoms with E-state index in [-0.39, 0.29) is 36.6 Å². The van der Waals surface area contributed by atoms with Gasteiger partial charge in [0.05, 0.1) is 0 Å². The average Bonchev–Trinajstić information content (AvgIpc) is 2.92. The molecule has 2 unspecified atom stereocenters. The van der Waals surface area contributed by atoms with Crippen molar-refractivity contribution >= 4 is 30.7 Å². The number of hydrogen-bond donors (Lipinski definition) is 2. The van der Waals surface area contributed by atoms with E-state index < -0.39 is 0 Å². The lowest BCUT2D eigenvalue weighted by molar-refractivity contribution is -0.124. The molecule has 0 bridgehead atoms. The first-order valence-corrected chi connectivity index (χ1v) is 7.46. The molecule has 0 spiro atoms. The van der Waals surface area contributed by atoms with E-state index in [0.717, 1.165) is 26.1 Å². The number of amides is 1. The lowest BCUT2D eigenvalue weighted by atomic mass is 10.1. The topological polar surface area (TPSA) is 58.4 Å². The van der Waals surface area contributed by atoms with E-state index in [1.807, 2.05) is 13.0 Å². The highest BCUT2D eigenvalue weighted by Crippen LogP contribution is 2.19. The number of rotatable bonds is 6. The standard InChI is InChI=1S/C16H25N3O.2ClH/c1-13(10-17)16(20)18-11-15-8-5-9-19(15)12-14-6-3-2-4-7-14;;/h2-4,6-7,13,15H,5,8-12,17H2,1H3,(H,18,20);2*1H. The molecule has 2 atom stereocenters. The van der Waals surface area contributed by atoms with Gasteiger partial charge in [0.15, 0.2) is 0 Å². The van der Waals surface area contributed by atoms with Crippen LogP contribution in [0.5, 0.6) is 0 Å². The maximum atomic E-state index is 11.8. The summed E-state index contributed by atoms with van der Waals surface area (Å²) in [6.45, 7) is 5.08. The van der Waals surface area contributed by atoms with Crippen molar-refractivity contribution in [3.05, 3.63) is 35.9 Å². The summed E-state index contributed by atoms with van der Waals surface area (Å²) >= 11 is 0. The monoisotopic (exact) mass is 347 g/mol. The SMILES string of the molecule is CC(CN)C(=O)NCC1CCCN1Cc1ccccc1.Cl.Cl. The highest BCUT2D eigenvalue weighted by molar-refractivity contribution is 5.85. The van der Waals surface area contributed by atoms with Gasteiger partial charge in [-0.15, -0.1) is 24.8 Å². The Morgan fingerprint density at radius 2 is 2.05 bits per heavy atom. The molecule has 0 aromatic heterocycles. The van der Waals surface area contributed by atoms with Crippen molar-refractivity contribution in [3.8, 4) is 0 Å². The molecule has 0 radical (unpaired) electrons. The quantitative estimate of drug-likeness (QED) is 0.829. The summed E-state index contributed by atoms with van der Waals surface area (Å²) in [4.78, 5) is 14.2. The Hall–Kier alpha value is -0.810. The van der Waals surface area contributed by atoms with Gasteiger partial charge < -0.3 is 11.1 Å². The van der Waals surface area contributed by atoms with E-state index in [1.54, 1.807) is 0 Å². The number of hydrogen-bond acceptors (Lipinski definition) is 3. The van der Waals surface area contributed by atoms with Crippen LogP contribution in [0, 0.1) is 5.92 Å². The minimum absolute atomic E-state index is 0. The van der Waals surface area contributed by atoms with Crippen molar-refractivity contribution < 1.29 is 4.79 Å². The molecular formula is C16H27Cl2N3O. The largest absolute Gasteiger partial charge is 0.354 e. The van der Waals surface area contributed by atoms with Gasteiger partial charge >= 0.3 is 0 Å². The highest BCUT2D eigenvalue weighted by atomic mass is 35.5. The molecule has 1 aliphatic rings. The van der Waals surface area contributed by atoms with Crippen LogP contribution in [-0.4, -0.2) is 36.5 Å². The summed E-state index contributed by atoms with van der Waals surface area (Å²) in [6.07, 6.45) is 2.37. The van der Waals surface area contributed by atoms with Crippen LogP contribution in [0.3, 0.4) is 0 Å². The number of likely N-dealkylation sites (tertiary alicyclic amines) is 1. The number of carbonyl (C=O) groups is 1. The third kappa shape index (κ3) is 6.13. The molecule has 1 fully saturated rings. The molecule has 6 heteroatoms. The number of nitrogens with zero attached hydrogens (tertiary/aromatic N) is 1. The molecule has 1 saturated heterocycles. The van der Waals surface area contributed by atoms with E-state index in [2.05, 4.69) is 34.5 Å². The van der Waals surface area contributed by atoms with E-state index >= 15 is 0 Å². The van der Waals surface area contributed by atoms with E-state index in [9.17, 15) is 4.79 Å². The van der Waals surface area contributed by atoms with Crippen molar-refractivity contribution in [3.63, 3.8) is 0 Å². The smallest absolute Gasteiger partial charge is 0.224 e. The first kappa shape index (κ1) is 21.2. The zero-order valence-electron chi connectivity index (χ0n) is 13.0. The predicted octanol–water partition coefficient (Wildman–Crippen LogP) is 2.21. The van der Waals surface area contributed by atoms with Gasteiger partial charge in [-0.3, -0.25) is 9.69 Å². The Labute approximate surface area is 145 Å². The Morgan fingerprint density at radius 1 is 1.36 bits per heavy atom. The minimum atomic E-state index is -0.0982. The Balaban J connectivity index is 0.00000220. The molecule has 22 heavy (non-hydrogen) atoms. The third-order valence-corrected chi connectivity index (χ3v) is 4.04. The molecule has 126 valence electrons. The third-order valence-electron chi connectivity index (χ3n) is 4.04. The second-order valence-electron chi connectivity index (χ2n) is 5.63. The molecule has 1 aromatic rings. The molecule has 1 heterocycles. The molecule has 0 aliphatic carbocycles. The van der Waals surface area contributed by atoms with Crippen LogP contribution < -0.4 is 11.1 Å². The van der Waals surface area contributed by atoms with Crippen LogP contribution in [0.15, 0.2) is 30.3 Å². The minimum Gasteiger partial charge on any atom is -0.354 e. The van der Waals surface area contributed by atoms with Crippen LogP contribution in [0.25, 0.3) is 0 Å². The molecule has 1 aromatic carbocycles. The van der Waals surface area contributed by atoms with Crippen LogP contribution >= 0.6 is 24.8 Å². The Bertz CT molecular complexity index is 431. The summed E-state index contributed by atoms with van der Waals surface area (Å²) in [5.74, 6) is -0.0296. The second kappa shape index (κ2) is 10.8. The molecule has 2 rings (SSSR count). The normalized spacial score (nSPS) is 18.9. The van der Waals surface area contributed by atoms with Crippen molar-refractivity contribution in [1.82, 2.24) is 10.2 Å². The summed E-state index contributed by atoms with van der Waals surface area (Å²) in [5.41, 5.74) is 6.85. The first-order valence-electron chi connectivity index (χ1n) is 7.46. The van der Waals surface area contributed by atoms with E-state index in [4.69, 9.17) is 5.73 Å². The fourth-order valence-electron chi connectivity index (χ4n) is 2.65. The molecule has 3 N–H and O–H groups in total. The number of nitrogens with one attached hydrogen (secondary N) is 1.